The SMILES string of the molecule is COc1ccc(C2=NCCc3c(C)cccc32)cc1. The lowest BCUT2D eigenvalue weighted by Gasteiger charge is -2.19. The van der Waals surface area contributed by atoms with Crippen molar-refractivity contribution in [2.24, 2.45) is 4.99 Å². The molecule has 0 N–H and O–H groups in total. The third-order valence-electron chi connectivity index (χ3n) is 3.66. The molecule has 0 spiro atoms. The molecule has 0 radical (unpaired) electrons. The van der Waals surface area contributed by atoms with E-state index in [1.807, 2.05) is 12.1 Å². The van der Waals surface area contributed by atoms with Gasteiger partial charge >= 0.3 is 0 Å². The molecular formula is C17H17NO. The first kappa shape index (κ1) is 12.0. The molecule has 0 aromatic heterocycles. The van der Waals surface area contributed by atoms with E-state index in [0.717, 1.165) is 30.0 Å². The number of methoxy groups -OCH3 is 1. The van der Waals surface area contributed by atoms with Crippen LogP contribution in [0, 0.1) is 6.92 Å². The van der Waals surface area contributed by atoms with Crippen molar-refractivity contribution in [3.63, 3.8) is 0 Å². The van der Waals surface area contributed by atoms with Gasteiger partial charge < -0.3 is 4.74 Å². The van der Waals surface area contributed by atoms with Crippen molar-refractivity contribution >= 4 is 5.71 Å². The Hall–Kier alpha value is -2.09. The Labute approximate surface area is 113 Å². The van der Waals surface area contributed by atoms with Crippen LogP contribution in [0.15, 0.2) is 47.5 Å². The lowest BCUT2D eigenvalue weighted by Crippen LogP contribution is -2.15. The van der Waals surface area contributed by atoms with Crippen LogP contribution in [0.5, 0.6) is 5.75 Å². The van der Waals surface area contributed by atoms with Gasteiger partial charge in [0.1, 0.15) is 5.75 Å². The van der Waals surface area contributed by atoms with Crippen LogP contribution in [0.4, 0.5) is 0 Å². The van der Waals surface area contributed by atoms with Gasteiger partial charge in [0, 0.05) is 17.7 Å². The van der Waals surface area contributed by atoms with E-state index in [4.69, 9.17) is 9.73 Å². The van der Waals surface area contributed by atoms with Crippen molar-refractivity contribution in [3.05, 3.63) is 64.7 Å². The van der Waals surface area contributed by atoms with E-state index in [1.165, 1.54) is 16.7 Å². The topological polar surface area (TPSA) is 21.6 Å². The Balaban J connectivity index is 2.06. The molecule has 3 rings (SSSR count). The van der Waals surface area contributed by atoms with Crippen LogP contribution in [0.2, 0.25) is 0 Å². The third-order valence-corrected chi connectivity index (χ3v) is 3.66. The van der Waals surface area contributed by atoms with Gasteiger partial charge in [-0.1, -0.05) is 18.2 Å². The van der Waals surface area contributed by atoms with Gasteiger partial charge in [-0.2, -0.15) is 0 Å². The number of benzene rings is 2. The second-order valence-electron chi connectivity index (χ2n) is 4.81. The second-order valence-corrected chi connectivity index (χ2v) is 4.81. The molecule has 0 fully saturated rings. The summed E-state index contributed by atoms with van der Waals surface area (Å²) in [6, 6.07) is 14.6. The van der Waals surface area contributed by atoms with E-state index in [-0.39, 0.29) is 0 Å². The summed E-state index contributed by atoms with van der Waals surface area (Å²) in [4.78, 5) is 4.71. The van der Waals surface area contributed by atoms with Gasteiger partial charge in [0.2, 0.25) is 0 Å². The molecule has 1 heterocycles. The number of fused-ring (bicyclic) bond motifs is 1. The summed E-state index contributed by atoms with van der Waals surface area (Å²) in [5.74, 6) is 0.879. The van der Waals surface area contributed by atoms with Crippen LogP contribution in [0.3, 0.4) is 0 Å². The molecule has 0 aliphatic carbocycles. The fraction of sp³-hybridized carbons (Fsp3) is 0.235. The van der Waals surface area contributed by atoms with Gasteiger partial charge in [-0.3, -0.25) is 4.99 Å². The maximum absolute atomic E-state index is 5.21. The van der Waals surface area contributed by atoms with Gasteiger partial charge in [-0.15, -0.1) is 0 Å². The van der Waals surface area contributed by atoms with E-state index >= 15 is 0 Å². The predicted octanol–water partition coefficient (Wildman–Crippen LogP) is 3.40. The summed E-state index contributed by atoms with van der Waals surface area (Å²) >= 11 is 0. The first-order valence-electron chi connectivity index (χ1n) is 6.57. The molecule has 1 aliphatic rings. The summed E-state index contributed by atoms with van der Waals surface area (Å²) < 4.78 is 5.21. The highest BCUT2D eigenvalue weighted by Crippen LogP contribution is 2.24. The molecule has 0 amide bonds. The normalized spacial score (nSPS) is 13.7. The maximum Gasteiger partial charge on any atom is 0.118 e. The maximum atomic E-state index is 5.21. The zero-order chi connectivity index (χ0) is 13.2. The summed E-state index contributed by atoms with van der Waals surface area (Å²) in [5.41, 5.74) is 6.33. The predicted molar refractivity (Wildman–Crippen MR) is 78.4 cm³/mol. The minimum atomic E-state index is 0.874. The molecule has 0 atom stereocenters. The third kappa shape index (κ3) is 2.14. The first-order valence-corrected chi connectivity index (χ1v) is 6.57. The molecule has 0 unspecified atom stereocenters. The minimum absolute atomic E-state index is 0.874. The fourth-order valence-electron chi connectivity index (χ4n) is 2.62. The van der Waals surface area contributed by atoms with Gasteiger partial charge in [-0.05, 0) is 48.7 Å². The van der Waals surface area contributed by atoms with Crippen molar-refractivity contribution in [1.82, 2.24) is 0 Å². The zero-order valence-electron chi connectivity index (χ0n) is 11.3. The standard InChI is InChI=1S/C17H17NO/c1-12-4-3-5-16-15(12)10-11-18-17(16)13-6-8-14(19-2)9-7-13/h3-9H,10-11H2,1-2H3. The molecule has 2 aromatic rings. The summed E-state index contributed by atoms with van der Waals surface area (Å²) in [6.45, 7) is 3.05. The molecular weight excluding hydrogens is 234 g/mol. The van der Waals surface area contributed by atoms with E-state index in [2.05, 4.69) is 37.3 Å². The lowest BCUT2D eigenvalue weighted by atomic mass is 9.90. The van der Waals surface area contributed by atoms with Crippen LogP contribution < -0.4 is 4.74 Å². The Bertz CT molecular complexity index is 626. The van der Waals surface area contributed by atoms with E-state index < -0.39 is 0 Å². The Morgan fingerprint density at radius 1 is 1.05 bits per heavy atom. The zero-order valence-corrected chi connectivity index (χ0v) is 11.3. The molecule has 2 aromatic carbocycles. The van der Waals surface area contributed by atoms with Crippen molar-refractivity contribution in [2.45, 2.75) is 13.3 Å². The number of hydrogen-bond donors (Lipinski definition) is 0. The van der Waals surface area contributed by atoms with Crippen LogP contribution >= 0.6 is 0 Å². The fourth-order valence-corrected chi connectivity index (χ4v) is 2.62. The molecule has 0 bridgehead atoms. The number of nitrogens with zero attached hydrogens (tertiary/aromatic N) is 1. The Morgan fingerprint density at radius 2 is 1.84 bits per heavy atom. The number of aliphatic imine (C=N–C) groups is 1. The molecule has 1 aliphatic heterocycles. The minimum Gasteiger partial charge on any atom is -0.497 e. The van der Waals surface area contributed by atoms with Gasteiger partial charge in [-0.25, -0.2) is 0 Å². The highest BCUT2D eigenvalue weighted by molar-refractivity contribution is 6.14. The van der Waals surface area contributed by atoms with Crippen molar-refractivity contribution in [3.8, 4) is 5.75 Å². The molecule has 0 saturated heterocycles. The average Bonchev–Trinajstić information content (AvgIpc) is 2.47. The summed E-state index contributed by atoms with van der Waals surface area (Å²) in [6.07, 6.45) is 1.04. The Kier molecular flexibility index (Phi) is 3.08. The molecule has 19 heavy (non-hydrogen) atoms. The monoisotopic (exact) mass is 251 g/mol. The summed E-state index contributed by atoms with van der Waals surface area (Å²) in [7, 11) is 1.69. The summed E-state index contributed by atoms with van der Waals surface area (Å²) in [5, 5.41) is 0. The van der Waals surface area contributed by atoms with Gasteiger partial charge in [0.15, 0.2) is 0 Å². The Morgan fingerprint density at radius 3 is 2.58 bits per heavy atom. The quantitative estimate of drug-likeness (QED) is 0.801. The largest absolute Gasteiger partial charge is 0.497 e. The van der Waals surface area contributed by atoms with Crippen molar-refractivity contribution < 1.29 is 4.74 Å². The van der Waals surface area contributed by atoms with Crippen LogP contribution in [-0.4, -0.2) is 19.4 Å². The molecule has 0 saturated carbocycles. The van der Waals surface area contributed by atoms with Crippen LogP contribution in [0.25, 0.3) is 0 Å². The van der Waals surface area contributed by atoms with Crippen molar-refractivity contribution in [2.75, 3.05) is 13.7 Å². The number of hydrogen-bond acceptors (Lipinski definition) is 2. The van der Waals surface area contributed by atoms with E-state index in [1.54, 1.807) is 7.11 Å². The second kappa shape index (κ2) is 4.88. The number of ether oxygens (including phenoxy) is 1. The van der Waals surface area contributed by atoms with Gasteiger partial charge in [0.25, 0.3) is 0 Å². The molecule has 2 heteroatoms. The van der Waals surface area contributed by atoms with Crippen molar-refractivity contribution in [1.29, 1.82) is 0 Å². The highest BCUT2D eigenvalue weighted by Gasteiger charge is 2.16. The first-order chi connectivity index (χ1) is 9.29. The average molecular weight is 251 g/mol. The van der Waals surface area contributed by atoms with E-state index in [9.17, 15) is 0 Å². The van der Waals surface area contributed by atoms with Crippen LogP contribution in [-0.2, 0) is 6.42 Å². The lowest BCUT2D eigenvalue weighted by molar-refractivity contribution is 0.415. The number of aryl methyl sites for hydroxylation is 1. The van der Waals surface area contributed by atoms with E-state index in [0.29, 0.717) is 0 Å². The molecule has 96 valence electrons. The highest BCUT2D eigenvalue weighted by atomic mass is 16.5. The van der Waals surface area contributed by atoms with Crippen LogP contribution in [0.1, 0.15) is 22.3 Å². The number of rotatable bonds is 2. The smallest absolute Gasteiger partial charge is 0.118 e. The van der Waals surface area contributed by atoms with Gasteiger partial charge in [0.05, 0.1) is 12.8 Å². The molecule has 2 nitrogen and oxygen atoms in total.